The topological polar surface area (TPSA) is 58.1 Å². The molecular formula is C12H13FN4OS. The monoisotopic (exact) mass is 280 g/mol. The molecule has 2 aromatic rings. The van der Waals surface area contributed by atoms with Gasteiger partial charge in [-0.2, -0.15) is 0 Å². The van der Waals surface area contributed by atoms with Crippen molar-refractivity contribution in [3.63, 3.8) is 0 Å². The minimum absolute atomic E-state index is 0.194. The van der Waals surface area contributed by atoms with E-state index in [1.54, 1.807) is 32.3 Å². The first-order chi connectivity index (χ1) is 9.11. The maximum absolute atomic E-state index is 13.5. The molecule has 0 saturated carbocycles. The molecule has 1 aromatic heterocycles. The standard InChI is InChI=1S/C12H13FN4OS/c1-14-12-16-15-10(19-12)11(18)17(2)7-8-5-3-4-6-9(8)13/h3-6H,7H2,1-2H3,(H,14,16). The average molecular weight is 280 g/mol. The number of benzene rings is 1. The van der Waals surface area contributed by atoms with Gasteiger partial charge < -0.3 is 10.2 Å². The largest absolute Gasteiger partial charge is 0.363 e. The first kappa shape index (κ1) is 13.4. The van der Waals surface area contributed by atoms with Crippen LogP contribution in [0.1, 0.15) is 15.4 Å². The van der Waals surface area contributed by atoms with E-state index >= 15 is 0 Å². The van der Waals surface area contributed by atoms with Gasteiger partial charge in [0.25, 0.3) is 5.91 Å². The lowest BCUT2D eigenvalue weighted by Gasteiger charge is -2.15. The van der Waals surface area contributed by atoms with Crippen LogP contribution in [0, 0.1) is 5.82 Å². The fraction of sp³-hybridized carbons (Fsp3) is 0.250. The van der Waals surface area contributed by atoms with Gasteiger partial charge in [-0.15, -0.1) is 10.2 Å². The van der Waals surface area contributed by atoms with Crippen molar-refractivity contribution in [1.82, 2.24) is 15.1 Å². The van der Waals surface area contributed by atoms with Crippen LogP contribution >= 0.6 is 11.3 Å². The molecule has 1 amide bonds. The Kier molecular flexibility index (Phi) is 4.06. The summed E-state index contributed by atoms with van der Waals surface area (Å²) in [6.07, 6.45) is 0. The number of anilines is 1. The summed E-state index contributed by atoms with van der Waals surface area (Å²) >= 11 is 1.17. The molecule has 0 fully saturated rings. The van der Waals surface area contributed by atoms with Gasteiger partial charge in [0.05, 0.1) is 0 Å². The number of carbonyl (C=O) groups is 1. The Morgan fingerprint density at radius 3 is 2.79 bits per heavy atom. The van der Waals surface area contributed by atoms with E-state index < -0.39 is 0 Å². The first-order valence-electron chi connectivity index (χ1n) is 5.62. The molecular weight excluding hydrogens is 267 g/mol. The van der Waals surface area contributed by atoms with Gasteiger partial charge in [-0.05, 0) is 6.07 Å². The number of nitrogens with one attached hydrogen (secondary N) is 1. The zero-order chi connectivity index (χ0) is 13.8. The van der Waals surface area contributed by atoms with E-state index in [2.05, 4.69) is 15.5 Å². The first-order valence-corrected chi connectivity index (χ1v) is 6.43. The minimum atomic E-state index is -0.324. The molecule has 0 atom stereocenters. The Morgan fingerprint density at radius 2 is 2.16 bits per heavy atom. The fourth-order valence-corrected chi connectivity index (χ4v) is 2.22. The number of rotatable bonds is 4. The van der Waals surface area contributed by atoms with Gasteiger partial charge >= 0.3 is 0 Å². The van der Waals surface area contributed by atoms with E-state index in [0.717, 1.165) is 0 Å². The molecule has 0 radical (unpaired) electrons. The van der Waals surface area contributed by atoms with E-state index in [-0.39, 0.29) is 23.3 Å². The highest BCUT2D eigenvalue weighted by atomic mass is 32.1. The number of hydrogen-bond donors (Lipinski definition) is 1. The van der Waals surface area contributed by atoms with E-state index in [1.807, 2.05) is 0 Å². The molecule has 0 unspecified atom stereocenters. The molecule has 7 heteroatoms. The molecule has 0 aliphatic heterocycles. The van der Waals surface area contributed by atoms with E-state index in [0.29, 0.717) is 10.7 Å². The fourth-order valence-electron chi connectivity index (χ4n) is 1.53. The van der Waals surface area contributed by atoms with Crippen molar-refractivity contribution in [3.8, 4) is 0 Å². The van der Waals surface area contributed by atoms with Crippen LogP contribution in [-0.4, -0.2) is 35.1 Å². The molecule has 1 heterocycles. The van der Waals surface area contributed by atoms with Crippen LogP contribution in [0.2, 0.25) is 0 Å². The van der Waals surface area contributed by atoms with E-state index in [4.69, 9.17) is 0 Å². The van der Waals surface area contributed by atoms with Gasteiger partial charge in [0.1, 0.15) is 5.82 Å². The third-order valence-corrected chi connectivity index (χ3v) is 3.46. The van der Waals surface area contributed by atoms with Crippen molar-refractivity contribution in [1.29, 1.82) is 0 Å². The van der Waals surface area contributed by atoms with Gasteiger partial charge in [-0.3, -0.25) is 4.79 Å². The number of halogens is 1. The summed E-state index contributed by atoms with van der Waals surface area (Å²) in [5.41, 5.74) is 0.469. The van der Waals surface area contributed by atoms with Gasteiger partial charge in [-0.1, -0.05) is 29.5 Å². The highest BCUT2D eigenvalue weighted by Gasteiger charge is 2.18. The lowest BCUT2D eigenvalue weighted by Crippen LogP contribution is -2.26. The summed E-state index contributed by atoms with van der Waals surface area (Å²) in [6, 6.07) is 6.38. The van der Waals surface area contributed by atoms with Crippen molar-refractivity contribution in [2.45, 2.75) is 6.54 Å². The van der Waals surface area contributed by atoms with Crippen LogP contribution in [0.5, 0.6) is 0 Å². The predicted octanol–water partition coefficient (Wildman–Crippen LogP) is 1.99. The molecule has 100 valence electrons. The second-order valence-electron chi connectivity index (χ2n) is 3.91. The Bertz CT molecular complexity index is 587. The number of aromatic nitrogens is 2. The Labute approximate surface area is 114 Å². The number of amides is 1. The maximum Gasteiger partial charge on any atom is 0.284 e. The Morgan fingerprint density at radius 1 is 1.42 bits per heavy atom. The second kappa shape index (κ2) is 5.75. The summed E-state index contributed by atoms with van der Waals surface area (Å²) < 4.78 is 13.5. The van der Waals surface area contributed by atoms with Crippen molar-refractivity contribution in [2.75, 3.05) is 19.4 Å². The minimum Gasteiger partial charge on any atom is -0.363 e. The van der Waals surface area contributed by atoms with Crippen LogP contribution < -0.4 is 5.32 Å². The predicted molar refractivity (Wildman–Crippen MR) is 71.7 cm³/mol. The third kappa shape index (κ3) is 3.05. The van der Waals surface area contributed by atoms with Crippen molar-refractivity contribution < 1.29 is 9.18 Å². The Hall–Kier alpha value is -2.02. The molecule has 0 aliphatic rings. The summed E-state index contributed by atoms with van der Waals surface area (Å²) in [5.74, 6) is -0.599. The van der Waals surface area contributed by atoms with Crippen LogP contribution in [0.15, 0.2) is 24.3 Å². The molecule has 0 bridgehead atoms. The Balaban J connectivity index is 2.09. The highest BCUT2D eigenvalue weighted by molar-refractivity contribution is 7.17. The molecule has 5 nitrogen and oxygen atoms in total. The van der Waals surface area contributed by atoms with E-state index in [9.17, 15) is 9.18 Å². The molecule has 0 aliphatic carbocycles. The van der Waals surface area contributed by atoms with Crippen molar-refractivity contribution in [3.05, 3.63) is 40.7 Å². The number of hydrogen-bond acceptors (Lipinski definition) is 5. The van der Waals surface area contributed by atoms with Crippen LogP contribution in [-0.2, 0) is 6.54 Å². The van der Waals surface area contributed by atoms with Gasteiger partial charge in [0, 0.05) is 26.2 Å². The summed E-state index contributed by atoms with van der Waals surface area (Å²) in [7, 11) is 3.31. The van der Waals surface area contributed by atoms with Crippen molar-refractivity contribution >= 4 is 22.4 Å². The second-order valence-corrected chi connectivity index (χ2v) is 4.89. The molecule has 0 spiro atoms. The van der Waals surface area contributed by atoms with Crippen LogP contribution in [0.4, 0.5) is 9.52 Å². The quantitative estimate of drug-likeness (QED) is 0.930. The molecule has 0 saturated heterocycles. The van der Waals surface area contributed by atoms with E-state index in [1.165, 1.54) is 22.3 Å². The summed E-state index contributed by atoms with van der Waals surface area (Å²) in [5, 5.41) is 11.3. The highest BCUT2D eigenvalue weighted by Crippen LogP contribution is 2.17. The average Bonchev–Trinajstić information content (AvgIpc) is 2.89. The van der Waals surface area contributed by atoms with Gasteiger partial charge in [0.2, 0.25) is 10.1 Å². The normalized spacial score (nSPS) is 10.3. The lowest BCUT2D eigenvalue weighted by atomic mass is 10.2. The smallest absolute Gasteiger partial charge is 0.284 e. The maximum atomic E-state index is 13.5. The summed E-state index contributed by atoms with van der Waals surface area (Å²) in [6.45, 7) is 0.194. The molecule has 19 heavy (non-hydrogen) atoms. The zero-order valence-corrected chi connectivity index (χ0v) is 11.4. The van der Waals surface area contributed by atoms with Gasteiger partial charge in [-0.25, -0.2) is 4.39 Å². The van der Waals surface area contributed by atoms with Crippen LogP contribution in [0.3, 0.4) is 0 Å². The van der Waals surface area contributed by atoms with Crippen LogP contribution in [0.25, 0.3) is 0 Å². The van der Waals surface area contributed by atoms with Gasteiger partial charge in [0.15, 0.2) is 0 Å². The molecule has 2 rings (SSSR count). The lowest BCUT2D eigenvalue weighted by molar-refractivity contribution is 0.0782. The summed E-state index contributed by atoms with van der Waals surface area (Å²) in [4.78, 5) is 13.5. The zero-order valence-electron chi connectivity index (χ0n) is 10.6. The molecule has 1 aromatic carbocycles. The molecule has 1 N–H and O–H groups in total. The third-order valence-electron chi connectivity index (χ3n) is 2.53. The van der Waals surface area contributed by atoms with Crippen molar-refractivity contribution in [2.24, 2.45) is 0 Å². The SMILES string of the molecule is CNc1nnc(C(=O)N(C)Cc2ccccc2F)s1. The number of carbonyl (C=O) groups excluding carboxylic acids is 1. The number of nitrogens with zero attached hydrogens (tertiary/aromatic N) is 3.